The molecule has 0 radical (unpaired) electrons. The highest BCUT2D eigenvalue weighted by atomic mass is 35.5. The molecular weight excluding hydrogens is 647 g/mol. The van der Waals surface area contributed by atoms with Gasteiger partial charge < -0.3 is 25.7 Å². The molecule has 0 aliphatic heterocycles. The lowest BCUT2D eigenvalue weighted by Crippen LogP contribution is -2.41. The van der Waals surface area contributed by atoms with Crippen LogP contribution in [-0.4, -0.2) is 55.9 Å². The number of amides is 4. The number of hydrogen-bond donors (Lipinski definition) is 4. The van der Waals surface area contributed by atoms with E-state index in [9.17, 15) is 19.2 Å². The molecule has 0 fully saturated rings. The van der Waals surface area contributed by atoms with E-state index in [-0.39, 0.29) is 23.2 Å². The van der Waals surface area contributed by atoms with Crippen LogP contribution in [0.15, 0.2) is 89.6 Å². The molecule has 238 valence electrons. The van der Waals surface area contributed by atoms with Gasteiger partial charge in [-0.15, -0.1) is 10.2 Å². The highest BCUT2D eigenvalue weighted by Gasteiger charge is 2.20. The maximum Gasteiger partial charge on any atom is 0.270 e. The summed E-state index contributed by atoms with van der Waals surface area (Å²) in [6.45, 7) is 3.10. The second kappa shape index (κ2) is 14.6. The average molecular weight is 674 g/mol. The average Bonchev–Trinajstić information content (AvgIpc) is 3.56. The predicted octanol–water partition coefficient (Wildman–Crippen LogP) is 5.01. The van der Waals surface area contributed by atoms with Crippen LogP contribution in [0.3, 0.4) is 0 Å². The van der Waals surface area contributed by atoms with Crippen LogP contribution in [0.4, 0.5) is 11.4 Å². The third-order valence-electron chi connectivity index (χ3n) is 6.61. The van der Waals surface area contributed by atoms with Crippen molar-refractivity contribution in [1.29, 1.82) is 0 Å². The molecule has 3 aromatic heterocycles. The van der Waals surface area contributed by atoms with Gasteiger partial charge in [0.1, 0.15) is 23.5 Å². The van der Waals surface area contributed by atoms with E-state index in [1.54, 1.807) is 74.5 Å². The lowest BCUT2D eigenvalue weighted by molar-refractivity contribution is -0.118. The van der Waals surface area contributed by atoms with E-state index < -0.39 is 35.7 Å². The Morgan fingerprint density at radius 2 is 1.00 bits per heavy atom. The van der Waals surface area contributed by atoms with E-state index in [1.165, 1.54) is 24.5 Å². The van der Waals surface area contributed by atoms with Crippen molar-refractivity contribution in [2.75, 3.05) is 10.6 Å². The van der Waals surface area contributed by atoms with Crippen LogP contribution in [0, 0.1) is 0 Å². The van der Waals surface area contributed by atoms with Gasteiger partial charge in [0.2, 0.25) is 23.6 Å². The molecule has 5 aromatic rings. The van der Waals surface area contributed by atoms with E-state index >= 15 is 0 Å². The standard InChI is InChI=1S/C32H26Cl2N8O5/c1-17(37-29(45)25-15-21(33)11-13-35-25)27(43)39-23-7-3-19(4-8-23)31-41-42-32(47-31)20-5-9-24(10-6-20)40-28(44)18(2)38-30(46)26-16-22(34)12-14-36-26/h3-18H,1-2H3,(H,37,45)(H,38,46)(H,39,43)(H,40,44)/t17-,18-/m0/s1. The smallest absolute Gasteiger partial charge is 0.270 e. The molecule has 4 N–H and O–H groups in total. The molecule has 3 heterocycles. The van der Waals surface area contributed by atoms with E-state index in [1.807, 2.05) is 0 Å². The summed E-state index contributed by atoms with van der Waals surface area (Å²) in [7, 11) is 0. The Bertz CT molecular complexity index is 1800. The second-order valence-electron chi connectivity index (χ2n) is 10.2. The lowest BCUT2D eigenvalue weighted by Gasteiger charge is -2.14. The number of anilines is 2. The van der Waals surface area contributed by atoms with Gasteiger partial charge in [-0.1, -0.05) is 23.2 Å². The minimum atomic E-state index is -0.845. The van der Waals surface area contributed by atoms with Crippen LogP contribution >= 0.6 is 23.2 Å². The minimum Gasteiger partial charge on any atom is -0.416 e. The Kier molecular flexibility index (Phi) is 10.2. The maximum absolute atomic E-state index is 12.6. The normalized spacial score (nSPS) is 12.0. The molecule has 5 rings (SSSR count). The van der Waals surface area contributed by atoms with Gasteiger partial charge in [0.05, 0.1) is 0 Å². The van der Waals surface area contributed by atoms with Crippen molar-refractivity contribution >= 4 is 58.2 Å². The lowest BCUT2D eigenvalue weighted by atomic mass is 10.2. The summed E-state index contributed by atoms with van der Waals surface area (Å²) < 4.78 is 5.84. The topological polar surface area (TPSA) is 181 Å². The zero-order valence-corrected chi connectivity index (χ0v) is 26.3. The number of nitrogens with one attached hydrogen (secondary N) is 4. The van der Waals surface area contributed by atoms with Crippen molar-refractivity contribution in [3.05, 3.63) is 107 Å². The largest absolute Gasteiger partial charge is 0.416 e. The zero-order valence-electron chi connectivity index (χ0n) is 24.8. The van der Waals surface area contributed by atoms with Gasteiger partial charge in [-0.05, 0) is 86.6 Å². The van der Waals surface area contributed by atoms with Gasteiger partial charge in [-0.2, -0.15) is 0 Å². The third kappa shape index (κ3) is 8.54. The van der Waals surface area contributed by atoms with E-state index in [0.29, 0.717) is 32.5 Å². The van der Waals surface area contributed by atoms with Crippen molar-refractivity contribution in [3.63, 3.8) is 0 Å². The number of pyridine rings is 2. The van der Waals surface area contributed by atoms with Gasteiger partial charge in [0.25, 0.3) is 11.8 Å². The molecular formula is C32H26Cl2N8O5. The van der Waals surface area contributed by atoms with Crippen LogP contribution in [0.1, 0.15) is 34.8 Å². The SMILES string of the molecule is C[C@H](NC(=O)c1cc(Cl)ccn1)C(=O)Nc1ccc(-c2nnc(-c3ccc(NC(=O)[C@H](C)NC(=O)c4cc(Cl)ccn4)cc3)o2)cc1. The Hall–Kier alpha value is -5.66. The number of hydrogen-bond acceptors (Lipinski definition) is 9. The first-order valence-corrected chi connectivity index (χ1v) is 14.8. The molecule has 0 bridgehead atoms. The number of rotatable bonds is 10. The number of nitrogens with zero attached hydrogens (tertiary/aromatic N) is 4. The van der Waals surface area contributed by atoms with Crippen LogP contribution in [-0.2, 0) is 9.59 Å². The van der Waals surface area contributed by atoms with Crippen molar-refractivity contribution in [3.8, 4) is 22.9 Å². The van der Waals surface area contributed by atoms with Crippen molar-refractivity contribution in [2.45, 2.75) is 25.9 Å². The second-order valence-corrected chi connectivity index (χ2v) is 11.0. The first-order chi connectivity index (χ1) is 22.5. The summed E-state index contributed by atoms with van der Waals surface area (Å²) in [5.41, 5.74) is 2.42. The summed E-state index contributed by atoms with van der Waals surface area (Å²) in [5, 5.41) is 19.6. The number of halogens is 2. The van der Waals surface area contributed by atoms with E-state index in [0.717, 1.165) is 0 Å². The molecule has 13 nitrogen and oxygen atoms in total. The quantitative estimate of drug-likeness (QED) is 0.158. The molecule has 2 atom stereocenters. The molecule has 2 aromatic carbocycles. The van der Waals surface area contributed by atoms with E-state index in [4.69, 9.17) is 27.6 Å². The number of carbonyl (C=O) groups is 4. The number of aromatic nitrogens is 4. The monoisotopic (exact) mass is 672 g/mol. The molecule has 0 aliphatic carbocycles. The van der Waals surface area contributed by atoms with E-state index in [2.05, 4.69) is 41.4 Å². The first-order valence-electron chi connectivity index (χ1n) is 14.1. The Labute approximate surface area is 278 Å². The third-order valence-corrected chi connectivity index (χ3v) is 7.08. The van der Waals surface area contributed by atoms with Gasteiger partial charge in [-0.25, -0.2) is 0 Å². The summed E-state index contributed by atoms with van der Waals surface area (Å²) in [5.74, 6) is -1.41. The van der Waals surface area contributed by atoms with Crippen LogP contribution in [0.5, 0.6) is 0 Å². The molecule has 15 heteroatoms. The summed E-state index contributed by atoms with van der Waals surface area (Å²) >= 11 is 11.8. The molecule has 0 unspecified atom stereocenters. The number of carbonyl (C=O) groups excluding carboxylic acids is 4. The van der Waals surface area contributed by atoms with Gasteiger partial charge in [0, 0.05) is 44.9 Å². The van der Waals surface area contributed by atoms with Gasteiger partial charge in [-0.3, -0.25) is 29.1 Å². The fourth-order valence-corrected chi connectivity index (χ4v) is 4.40. The maximum atomic E-state index is 12.6. The predicted molar refractivity (Wildman–Crippen MR) is 175 cm³/mol. The Balaban J connectivity index is 1.13. The van der Waals surface area contributed by atoms with Crippen LogP contribution < -0.4 is 21.3 Å². The summed E-state index contributed by atoms with van der Waals surface area (Å²) in [4.78, 5) is 57.9. The Morgan fingerprint density at radius 1 is 0.617 bits per heavy atom. The molecule has 47 heavy (non-hydrogen) atoms. The van der Waals surface area contributed by atoms with Crippen LogP contribution in [0.25, 0.3) is 22.9 Å². The van der Waals surface area contributed by atoms with Crippen molar-refractivity contribution in [1.82, 2.24) is 30.8 Å². The zero-order chi connectivity index (χ0) is 33.5. The van der Waals surface area contributed by atoms with Crippen molar-refractivity contribution < 1.29 is 23.6 Å². The summed E-state index contributed by atoms with van der Waals surface area (Å²) in [6.07, 6.45) is 2.81. The highest BCUT2D eigenvalue weighted by molar-refractivity contribution is 6.31. The van der Waals surface area contributed by atoms with Crippen LogP contribution in [0.2, 0.25) is 10.0 Å². The first kappa shape index (κ1) is 32.7. The van der Waals surface area contributed by atoms with Gasteiger partial charge in [0.15, 0.2) is 0 Å². The summed E-state index contributed by atoms with van der Waals surface area (Å²) in [6, 6.07) is 17.7. The molecule has 0 saturated carbocycles. The van der Waals surface area contributed by atoms with Crippen molar-refractivity contribution in [2.24, 2.45) is 0 Å². The molecule has 0 saturated heterocycles. The number of benzene rings is 2. The fraction of sp³-hybridized carbons (Fsp3) is 0.125. The van der Waals surface area contributed by atoms with Gasteiger partial charge >= 0.3 is 0 Å². The molecule has 4 amide bonds. The Morgan fingerprint density at radius 3 is 1.36 bits per heavy atom. The molecule has 0 spiro atoms. The fourth-order valence-electron chi connectivity index (χ4n) is 4.08. The minimum absolute atomic E-state index is 0.101. The molecule has 0 aliphatic rings. The highest BCUT2D eigenvalue weighted by Crippen LogP contribution is 2.26.